The van der Waals surface area contributed by atoms with Gasteiger partial charge in [0.05, 0.1) is 17.8 Å². The van der Waals surface area contributed by atoms with Gasteiger partial charge in [0.2, 0.25) is 0 Å². The first-order chi connectivity index (χ1) is 14.3. The van der Waals surface area contributed by atoms with Crippen LogP contribution in [0.4, 0.5) is 5.82 Å². The summed E-state index contributed by atoms with van der Waals surface area (Å²) in [7, 11) is 0. The highest BCUT2D eigenvalue weighted by molar-refractivity contribution is 5.94. The molecule has 2 aliphatic heterocycles. The van der Waals surface area contributed by atoms with Gasteiger partial charge in [-0.1, -0.05) is 0 Å². The van der Waals surface area contributed by atoms with Crippen molar-refractivity contribution in [3.05, 3.63) is 65.9 Å². The SMILES string of the molecule is O=C(c1cccnc1)N1CCc2nc(-c3cccnc3)nc(N3CCCC3)c2C1. The van der Waals surface area contributed by atoms with E-state index in [1.54, 1.807) is 30.9 Å². The molecule has 29 heavy (non-hydrogen) atoms. The van der Waals surface area contributed by atoms with Gasteiger partial charge in [0, 0.05) is 62.0 Å². The first kappa shape index (κ1) is 17.7. The van der Waals surface area contributed by atoms with E-state index in [1.165, 1.54) is 12.8 Å². The Morgan fingerprint density at radius 2 is 1.72 bits per heavy atom. The average molecular weight is 386 g/mol. The lowest BCUT2D eigenvalue weighted by Crippen LogP contribution is -2.38. The summed E-state index contributed by atoms with van der Waals surface area (Å²) >= 11 is 0. The molecule has 0 aliphatic carbocycles. The van der Waals surface area contributed by atoms with E-state index in [0.717, 1.165) is 42.1 Å². The number of aromatic nitrogens is 4. The lowest BCUT2D eigenvalue weighted by atomic mass is 10.0. The Bertz CT molecular complexity index is 1020. The maximum Gasteiger partial charge on any atom is 0.255 e. The van der Waals surface area contributed by atoms with Crippen molar-refractivity contribution in [3.8, 4) is 11.4 Å². The molecule has 0 aromatic carbocycles. The highest BCUT2D eigenvalue weighted by Gasteiger charge is 2.29. The Hall–Kier alpha value is -3.35. The van der Waals surface area contributed by atoms with E-state index in [4.69, 9.17) is 9.97 Å². The van der Waals surface area contributed by atoms with Crippen molar-refractivity contribution in [1.29, 1.82) is 0 Å². The van der Waals surface area contributed by atoms with Gasteiger partial charge in [-0.15, -0.1) is 0 Å². The van der Waals surface area contributed by atoms with E-state index < -0.39 is 0 Å². The number of anilines is 1. The van der Waals surface area contributed by atoms with Gasteiger partial charge in [0.15, 0.2) is 5.82 Å². The zero-order valence-corrected chi connectivity index (χ0v) is 16.2. The van der Waals surface area contributed by atoms with Crippen LogP contribution in [0.3, 0.4) is 0 Å². The number of carbonyl (C=O) groups is 1. The van der Waals surface area contributed by atoms with Crippen molar-refractivity contribution in [2.75, 3.05) is 24.5 Å². The molecule has 5 rings (SSSR count). The first-order valence-corrected chi connectivity index (χ1v) is 10.0. The fourth-order valence-corrected chi connectivity index (χ4v) is 4.06. The average Bonchev–Trinajstić information content (AvgIpc) is 3.33. The van der Waals surface area contributed by atoms with Gasteiger partial charge in [0.1, 0.15) is 5.82 Å². The van der Waals surface area contributed by atoms with E-state index in [9.17, 15) is 4.79 Å². The van der Waals surface area contributed by atoms with Gasteiger partial charge >= 0.3 is 0 Å². The smallest absolute Gasteiger partial charge is 0.255 e. The van der Waals surface area contributed by atoms with Crippen LogP contribution >= 0.6 is 0 Å². The summed E-state index contributed by atoms with van der Waals surface area (Å²) in [5.74, 6) is 1.69. The number of pyridine rings is 2. The number of fused-ring (bicyclic) bond motifs is 1. The van der Waals surface area contributed by atoms with E-state index in [-0.39, 0.29) is 5.91 Å². The molecule has 0 unspecified atom stereocenters. The monoisotopic (exact) mass is 386 g/mol. The van der Waals surface area contributed by atoms with E-state index in [2.05, 4.69) is 14.9 Å². The summed E-state index contributed by atoms with van der Waals surface area (Å²) < 4.78 is 0. The summed E-state index contributed by atoms with van der Waals surface area (Å²) in [5, 5.41) is 0. The molecule has 3 aromatic rings. The number of amides is 1. The third-order valence-electron chi connectivity index (χ3n) is 5.56. The molecule has 0 saturated carbocycles. The number of rotatable bonds is 3. The molecule has 5 heterocycles. The van der Waals surface area contributed by atoms with Crippen molar-refractivity contribution < 1.29 is 4.79 Å². The minimum atomic E-state index is 0.00691. The highest BCUT2D eigenvalue weighted by Crippen LogP contribution is 2.31. The van der Waals surface area contributed by atoms with Crippen LogP contribution in [-0.2, 0) is 13.0 Å². The lowest BCUT2D eigenvalue weighted by Gasteiger charge is -2.32. The fourth-order valence-electron chi connectivity index (χ4n) is 4.06. The van der Waals surface area contributed by atoms with Crippen molar-refractivity contribution in [1.82, 2.24) is 24.8 Å². The van der Waals surface area contributed by atoms with Crippen LogP contribution in [0.25, 0.3) is 11.4 Å². The summed E-state index contributed by atoms with van der Waals surface area (Å²) in [6.45, 7) is 3.16. The third-order valence-corrected chi connectivity index (χ3v) is 5.56. The van der Waals surface area contributed by atoms with Crippen molar-refractivity contribution in [2.45, 2.75) is 25.8 Å². The van der Waals surface area contributed by atoms with Crippen LogP contribution in [-0.4, -0.2) is 50.4 Å². The van der Waals surface area contributed by atoms with Gasteiger partial charge in [-0.3, -0.25) is 14.8 Å². The Morgan fingerprint density at radius 1 is 0.931 bits per heavy atom. The molecular formula is C22H22N6O. The van der Waals surface area contributed by atoms with Gasteiger partial charge in [-0.25, -0.2) is 9.97 Å². The fraction of sp³-hybridized carbons (Fsp3) is 0.318. The van der Waals surface area contributed by atoms with Gasteiger partial charge in [-0.05, 0) is 37.1 Å². The standard InChI is InChI=1S/C22H22N6O/c29-22(17-6-4-9-24-14-17)28-12-7-19-18(15-28)21(27-10-1-2-11-27)26-20(25-19)16-5-3-8-23-13-16/h3-6,8-9,13-14H,1-2,7,10-12,15H2. The number of hydrogen-bond acceptors (Lipinski definition) is 6. The molecule has 0 bridgehead atoms. The molecular weight excluding hydrogens is 364 g/mol. The summed E-state index contributed by atoms with van der Waals surface area (Å²) in [6, 6.07) is 7.50. The molecule has 0 atom stereocenters. The summed E-state index contributed by atoms with van der Waals surface area (Å²) in [5.41, 5.74) is 3.65. The Kier molecular flexibility index (Phi) is 4.63. The van der Waals surface area contributed by atoms with Crippen LogP contribution in [0.5, 0.6) is 0 Å². The minimum Gasteiger partial charge on any atom is -0.356 e. The normalized spacial score (nSPS) is 16.0. The number of carbonyl (C=O) groups excluding carboxylic acids is 1. The van der Waals surface area contributed by atoms with E-state index in [0.29, 0.717) is 24.5 Å². The van der Waals surface area contributed by atoms with Crippen molar-refractivity contribution >= 4 is 11.7 Å². The lowest BCUT2D eigenvalue weighted by molar-refractivity contribution is 0.0733. The van der Waals surface area contributed by atoms with Gasteiger partial charge in [0.25, 0.3) is 5.91 Å². The molecule has 1 fully saturated rings. The second-order valence-corrected chi connectivity index (χ2v) is 7.45. The molecule has 0 radical (unpaired) electrons. The molecule has 7 heteroatoms. The number of nitrogens with zero attached hydrogens (tertiary/aromatic N) is 6. The molecule has 7 nitrogen and oxygen atoms in total. The third kappa shape index (κ3) is 3.44. The van der Waals surface area contributed by atoms with Crippen LogP contribution in [0, 0.1) is 0 Å². The zero-order valence-electron chi connectivity index (χ0n) is 16.2. The molecule has 1 amide bonds. The first-order valence-electron chi connectivity index (χ1n) is 10.0. The van der Waals surface area contributed by atoms with Gasteiger partial charge < -0.3 is 9.80 Å². The predicted molar refractivity (Wildman–Crippen MR) is 109 cm³/mol. The van der Waals surface area contributed by atoms with E-state index >= 15 is 0 Å². The molecule has 3 aromatic heterocycles. The van der Waals surface area contributed by atoms with Crippen LogP contribution in [0.1, 0.15) is 34.5 Å². The predicted octanol–water partition coefficient (Wildman–Crippen LogP) is 2.73. The van der Waals surface area contributed by atoms with Crippen LogP contribution in [0.2, 0.25) is 0 Å². The van der Waals surface area contributed by atoms with E-state index in [1.807, 2.05) is 23.1 Å². The van der Waals surface area contributed by atoms with Crippen molar-refractivity contribution in [3.63, 3.8) is 0 Å². The van der Waals surface area contributed by atoms with Gasteiger partial charge in [-0.2, -0.15) is 0 Å². The molecule has 0 N–H and O–H groups in total. The second-order valence-electron chi connectivity index (χ2n) is 7.45. The largest absolute Gasteiger partial charge is 0.356 e. The second kappa shape index (κ2) is 7.58. The van der Waals surface area contributed by atoms with Crippen LogP contribution < -0.4 is 4.90 Å². The molecule has 0 spiro atoms. The maximum absolute atomic E-state index is 13.0. The summed E-state index contributed by atoms with van der Waals surface area (Å²) in [6.07, 6.45) is 9.92. The Morgan fingerprint density at radius 3 is 2.45 bits per heavy atom. The Balaban J connectivity index is 1.53. The van der Waals surface area contributed by atoms with Crippen molar-refractivity contribution in [2.24, 2.45) is 0 Å². The highest BCUT2D eigenvalue weighted by atomic mass is 16.2. The topological polar surface area (TPSA) is 75.1 Å². The molecule has 1 saturated heterocycles. The zero-order chi connectivity index (χ0) is 19.6. The molecule has 146 valence electrons. The Labute approximate surface area is 169 Å². The quantitative estimate of drug-likeness (QED) is 0.689. The minimum absolute atomic E-state index is 0.00691. The number of hydrogen-bond donors (Lipinski definition) is 0. The summed E-state index contributed by atoms with van der Waals surface area (Å²) in [4.78, 5) is 35.3. The molecule has 2 aliphatic rings. The van der Waals surface area contributed by atoms with Crippen LogP contribution in [0.15, 0.2) is 49.1 Å². The maximum atomic E-state index is 13.0.